The van der Waals surface area contributed by atoms with Crippen LogP contribution in [-0.4, -0.2) is 30.1 Å². The smallest absolute Gasteiger partial charge is 0.190 e. The molecule has 0 aromatic carbocycles. The molecule has 3 nitrogen and oxygen atoms in total. The van der Waals surface area contributed by atoms with Crippen LogP contribution in [0.5, 0.6) is 0 Å². The molecule has 2 heterocycles. The Hall–Kier alpha value is -0.120. The van der Waals surface area contributed by atoms with Crippen molar-refractivity contribution in [3.63, 3.8) is 0 Å². The fourth-order valence-corrected chi connectivity index (χ4v) is 4.00. The van der Waals surface area contributed by atoms with Gasteiger partial charge in [-0.1, -0.05) is 12.8 Å². The van der Waals surface area contributed by atoms with Crippen LogP contribution in [0.1, 0.15) is 45.4 Å². The van der Waals surface area contributed by atoms with E-state index in [0.717, 1.165) is 19.5 Å². The Morgan fingerprint density at radius 3 is 2.93 bits per heavy atom. The van der Waals surface area contributed by atoms with Gasteiger partial charge >= 0.3 is 0 Å². The Kier molecular flexibility index (Phi) is 2.14. The number of hydrogen-bond donors (Lipinski definition) is 0. The molecule has 1 spiro atoms. The summed E-state index contributed by atoms with van der Waals surface area (Å²) in [6.45, 7) is 3.57. The van der Waals surface area contributed by atoms with E-state index in [-0.39, 0.29) is 16.3 Å². The van der Waals surface area contributed by atoms with Crippen molar-refractivity contribution in [3.05, 3.63) is 5.21 Å². The molecule has 0 aromatic heterocycles. The van der Waals surface area contributed by atoms with Gasteiger partial charge in [0.1, 0.15) is 0 Å². The molecule has 4 unspecified atom stereocenters. The number of fused-ring (bicyclic) bond motifs is 1. The van der Waals surface area contributed by atoms with Crippen LogP contribution in [0.25, 0.3) is 0 Å². The van der Waals surface area contributed by atoms with Crippen LogP contribution in [0.15, 0.2) is 0 Å². The maximum absolute atomic E-state index is 12.5. The van der Waals surface area contributed by atoms with Gasteiger partial charge in [0.25, 0.3) is 0 Å². The molecule has 86 valence electrons. The molecule has 3 rings (SSSR count). The summed E-state index contributed by atoms with van der Waals surface area (Å²) in [4.78, 5) is 0. The van der Waals surface area contributed by atoms with Gasteiger partial charge in [-0.2, -0.15) is 0 Å². The fourth-order valence-electron chi connectivity index (χ4n) is 4.00. The Morgan fingerprint density at radius 1 is 1.27 bits per heavy atom. The first-order valence-corrected chi connectivity index (χ1v) is 6.38. The lowest BCUT2D eigenvalue weighted by atomic mass is 9.66. The second kappa shape index (κ2) is 3.19. The lowest BCUT2D eigenvalue weighted by Crippen LogP contribution is -2.68. The predicted molar refractivity (Wildman–Crippen MR) is 57.8 cm³/mol. The van der Waals surface area contributed by atoms with Crippen LogP contribution >= 0.6 is 0 Å². The summed E-state index contributed by atoms with van der Waals surface area (Å²) in [6, 6.07) is 0. The summed E-state index contributed by atoms with van der Waals surface area (Å²) in [5, 5.41) is 12.5. The Labute approximate surface area is 91.6 Å². The summed E-state index contributed by atoms with van der Waals surface area (Å²) >= 11 is 0. The van der Waals surface area contributed by atoms with E-state index in [2.05, 4.69) is 0 Å². The van der Waals surface area contributed by atoms with E-state index in [9.17, 15) is 5.21 Å². The molecule has 15 heavy (non-hydrogen) atoms. The Morgan fingerprint density at radius 2 is 2.07 bits per heavy atom. The number of piperidine rings is 1. The van der Waals surface area contributed by atoms with Gasteiger partial charge in [-0.05, 0) is 25.7 Å². The predicted octanol–water partition coefficient (Wildman–Crippen LogP) is 2.40. The normalized spacial score (nSPS) is 54.8. The standard InChI is InChI=1S/C12H21NO2/c1-10-13(14)8-4-7-12(9-13)6-3-2-5-11(12)15-10/h10-11H,2-9H2,1H3. The molecule has 2 bridgehead atoms. The molecule has 0 radical (unpaired) electrons. The Bertz CT molecular complexity index is 266. The average molecular weight is 211 g/mol. The van der Waals surface area contributed by atoms with Crippen molar-refractivity contribution >= 4 is 0 Å². The van der Waals surface area contributed by atoms with E-state index in [1.54, 1.807) is 0 Å². The molecule has 2 saturated heterocycles. The number of quaternary nitrogens is 1. The van der Waals surface area contributed by atoms with Gasteiger partial charge in [-0.3, -0.25) is 0 Å². The third-order valence-electron chi connectivity index (χ3n) is 4.89. The minimum absolute atomic E-state index is 0.0729. The van der Waals surface area contributed by atoms with Crippen LogP contribution < -0.4 is 0 Å². The molecule has 2 aliphatic heterocycles. The van der Waals surface area contributed by atoms with Gasteiger partial charge in [0.2, 0.25) is 0 Å². The highest BCUT2D eigenvalue weighted by Crippen LogP contribution is 2.50. The van der Waals surface area contributed by atoms with Crippen LogP contribution in [0.3, 0.4) is 0 Å². The molecule has 3 fully saturated rings. The van der Waals surface area contributed by atoms with Crippen LogP contribution in [-0.2, 0) is 4.74 Å². The highest BCUT2D eigenvalue weighted by atomic mass is 16.6. The monoisotopic (exact) mass is 211 g/mol. The van der Waals surface area contributed by atoms with E-state index < -0.39 is 0 Å². The van der Waals surface area contributed by atoms with Gasteiger partial charge in [0.15, 0.2) is 6.23 Å². The number of hydroxylamine groups is 3. The lowest BCUT2D eigenvalue weighted by Gasteiger charge is -2.63. The van der Waals surface area contributed by atoms with E-state index in [0.29, 0.717) is 6.10 Å². The quantitative estimate of drug-likeness (QED) is 0.455. The van der Waals surface area contributed by atoms with Gasteiger partial charge in [-0.15, -0.1) is 0 Å². The van der Waals surface area contributed by atoms with Crippen molar-refractivity contribution in [1.82, 2.24) is 0 Å². The van der Waals surface area contributed by atoms with E-state index in [1.165, 1.54) is 32.1 Å². The maximum atomic E-state index is 12.5. The first kappa shape index (κ1) is 10.1. The van der Waals surface area contributed by atoms with E-state index in [4.69, 9.17) is 4.74 Å². The number of hydrogen-bond acceptors (Lipinski definition) is 2. The molecule has 1 saturated carbocycles. The zero-order chi connectivity index (χ0) is 10.5. The van der Waals surface area contributed by atoms with Gasteiger partial charge in [-0.25, -0.2) is 0 Å². The van der Waals surface area contributed by atoms with Gasteiger partial charge in [0.05, 0.1) is 19.2 Å². The highest BCUT2D eigenvalue weighted by Gasteiger charge is 2.54. The average Bonchev–Trinajstić information content (AvgIpc) is 2.20. The molecule has 0 aromatic rings. The zero-order valence-electron chi connectivity index (χ0n) is 9.58. The van der Waals surface area contributed by atoms with Crippen LogP contribution in [0, 0.1) is 10.6 Å². The third-order valence-corrected chi connectivity index (χ3v) is 4.89. The molecule has 3 heteroatoms. The van der Waals surface area contributed by atoms with Crippen molar-refractivity contribution in [2.24, 2.45) is 5.41 Å². The Balaban J connectivity index is 1.92. The summed E-state index contributed by atoms with van der Waals surface area (Å²) in [5.74, 6) is 0. The summed E-state index contributed by atoms with van der Waals surface area (Å²) in [5.41, 5.74) is 0.255. The van der Waals surface area contributed by atoms with Crippen molar-refractivity contribution in [2.45, 2.75) is 57.8 Å². The van der Waals surface area contributed by atoms with Gasteiger partial charge in [0, 0.05) is 12.3 Å². The third kappa shape index (κ3) is 1.37. The number of ether oxygens (including phenoxy) is 1. The second-order valence-electron chi connectivity index (χ2n) is 5.77. The molecule has 4 atom stereocenters. The van der Waals surface area contributed by atoms with Crippen LogP contribution in [0.2, 0.25) is 0 Å². The van der Waals surface area contributed by atoms with Gasteiger partial charge < -0.3 is 14.6 Å². The number of rotatable bonds is 0. The van der Waals surface area contributed by atoms with E-state index >= 15 is 0 Å². The summed E-state index contributed by atoms with van der Waals surface area (Å²) < 4.78 is 5.94. The minimum atomic E-state index is -0.124. The first-order valence-electron chi connectivity index (χ1n) is 6.38. The largest absolute Gasteiger partial charge is 0.631 e. The van der Waals surface area contributed by atoms with Crippen LogP contribution in [0.4, 0.5) is 0 Å². The summed E-state index contributed by atoms with van der Waals surface area (Å²) in [7, 11) is 0. The minimum Gasteiger partial charge on any atom is -0.631 e. The maximum Gasteiger partial charge on any atom is 0.190 e. The lowest BCUT2D eigenvalue weighted by molar-refractivity contribution is -0.951. The first-order chi connectivity index (χ1) is 7.15. The topological polar surface area (TPSA) is 32.3 Å². The van der Waals surface area contributed by atoms with E-state index in [1.807, 2.05) is 6.92 Å². The number of nitrogens with zero attached hydrogens (tertiary/aromatic N) is 1. The molecular formula is C12H21NO2. The highest BCUT2D eigenvalue weighted by molar-refractivity contribution is 4.95. The molecular weight excluding hydrogens is 190 g/mol. The van der Waals surface area contributed by atoms with Crippen molar-refractivity contribution in [2.75, 3.05) is 13.1 Å². The fraction of sp³-hybridized carbons (Fsp3) is 1.00. The molecule has 3 aliphatic rings. The van der Waals surface area contributed by atoms with Crippen molar-refractivity contribution < 1.29 is 9.38 Å². The second-order valence-corrected chi connectivity index (χ2v) is 5.77. The zero-order valence-corrected chi connectivity index (χ0v) is 9.58. The molecule has 1 aliphatic carbocycles. The molecule has 0 amide bonds. The van der Waals surface area contributed by atoms with Crippen molar-refractivity contribution in [1.29, 1.82) is 0 Å². The van der Waals surface area contributed by atoms with Crippen molar-refractivity contribution in [3.8, 4) is 0 Å². The summed E-state index contributed by atoms with van der Waals surface area (Å²) in [6.07, 6.45) is 7.60. The SMILES string of the molecule is CC1OC2CCCCC23CCC[N+]1([O-])C3. The molecule has 0 N–H and O–H groups in total.